The molecule has 1 aromatic carbocycles. The molecule has 0 aliphatic carbocycles. The van der Waals surface area contributed by atoms with E-state index in [1.807, 2.05) is 0 Å². The van der Waals surface area contributed by atoms with E-state index in [0.29, 0.717) is 4.47 Å². The van der Waals surface area contributed by atoms with Crippen LogP contribution in [0, 0.1) is 0 Å². The van der Waals surface area contributed by atoms with Crippen molar-refractivity contribution in [2.24, 2.45) is 0 Å². The normalized spacial score (nSPS) is 15.7. The van der Waals surface area contributed by atoms with Gasteiger partial charge in [-0.05, 0) is 23.8 Å². The van der Waals surface area contributed by atoms with Crippen LogP contribution < -0.4 is 4.90 Å². The van der Waals surface area contributed by atoms with Gasteiger partial charge in [-0.2, -0.15) is 13.2 Å². The quantitative estimate of drug-likeness (QED) is 0.551. The van der Waals surface area contributed by atoms with Gasteiger partial charge in [0.05, 0.1) is 14.2 Å². The van der Waals surface area contributed by atoms with Crippen molar-refractivity contribution in [3.63, 3.8) is 0 Å². The summed E-state index contributed by atoms with van der Waals surface area (Å²) in [5.74, 6) is -5.00. The number of hydrogen-bond acceptors (Lipinski definition) is 5. The third-order valence-electron chi connectivity index (χ3n) is 3.60. The topological polar surface area (TPSA) is 72.9 Å². The van der Waals surface area contributed by atoms with Crippen LogP contribution in [0.25, 0.3) is 0 Å². The molecule has 24 heavy (non-hydrogen) atoms. The van der Waals surface area contributed by atoms with Crippen molar-refractivity contribution in [1.82, 2.24) is 0 Å². The number of methoxy groups -OCH3 is 2. The number of alkyl halides is 3. The minimum absolute atomic E-state index is 0.104. The molecule has 1 aromatic rings. The van der Waals surface area contributed by atoms with E-state index in [0.717, 1.165) is 14.2 Å². The molecule has 1 heterocycles. The number of amides is 1. The van der Waals surface area contributed by atoms with Crippen molar-refractivity contribution in [2.75, 3.05) is 19.1 Å². The van der Waals surface area contributed by atoms with Crippen molar-refractivity contribution in [2.45, 2.75) is 18.1 Å². The Morgan fingerprint density at radius 3 is 2.17 bits per heavy atom. The average Bonchev–Trinajstić information content (AvgIpc) is 2.86. The summed E-state index contributed by atoms with van der Waals surface area (Å²) in [7, 11) is 1.81. The van der Waals surface area contributed by atoms with Crippen LogP contribution in [-0.4, -0.2) is 43.8 Å². The molecule has 0 fully saturated rings. The molecular weight excluding hydrogens is 399 g/mol. The van der Waals surface area contributed by atoms with Gasteiger partial charge >= 0.3 is 24.0 Å². The number of esters is 2. The van der Waals surface area contributed by atoms with Crippen LogP contribution in [0.3, 0.4) is 0 Å². The monoisotopic (exact) mass is 409 g/mol. The van der Waals surface area contributed by atoms with E-state index in [-0.39, 0.29) is 16.2 Å². The van der Waals surface area contributed by atoms with Crippen molar-refractivity contribution in [1.29, 1.82) is 0 Å². The van der Waals surface area contributed by atoms with Crippen LogP contribution in [0.5, 0.6) is 0 Å². The Morgan fingerprint density at radius 2 is 1.71 bits per heavy atom. The molecule has 0 atom stereocenters. The third kappa shape index (κ3) is 2.64. The summed E-state index contributed by atoms with van der Waals surface area (Å²) in [5, 5.41) is 0. The standard InChI is InChI=1S/C14H11BrF3NO5/c1-23-11(21)13(12(22)24-2)6-7-5-8(15)3-4-9(7)19(13)10(20)14(16,17)18/h3-5H,6H2,1-2H3. The fourth-order valence-corrected chi connectivity index (χ4v) is 3.04. The maximum atomic E-state index is 13.0. The highest BCUT2D eigenvalue weighted by Gasteiger charge is 2.64. The molecule has 0 saturated heterocycles. The van der Waals surface area contributed by atoms with Crippen molar-refractivity contribution in [3.8, 4) is 0 Å². The molecule has 130 valence electrons. The molecule has 0 aromatic heterocycles. The Balaban J connectivity index is 2.76. The first-order chi connectivity index (χ1) is 11.1. The van der Waals surface area contributed by atoms with Gasteiger partial charge in [-0.1, -0.05) is 15.9 Å². The van der Waals surface area contributed by atoms with Crippen LogP contribution >= 0.6 is 15.9 Å². The van der Waals surface area contributed by atoms with E-state index >= 15 is 0 Å². The largest absolute Gasteiger partial charge is 0.471 e. The summed E-state index contributed by atoms with van der Waals surface area (Å²) < 4.78 is 48.7. The first kappa shape index (κ1) is 18.2. The van der Waals surface area contributed by atoms with Gasteiger partial charge in [0.2, 0.25) is 5.54 Å². The highest BCUT2D eigenvalue weighted by atomic mass is 79.9. The smallest absolute Gasteiger partial charge is 0.467 e. The van der Waals surface area contributed by atoms with Crippen LogP contribution in [0.15, 0.2) is 22.7 Å². The van der Waals surface area contributed by atoms with Crippen LogP contribution in [0.2, 0.25) is 0 Å². The van der Waals surface area contributed by atoms with E-state index in [1.54, 1.807) is 0 Å². The maximum Gasteiger partial charge on any atom is 0.471 e. The van der Waals surface area contributed by atoms with Gasteiger partial charge in [0.15, 0.2) is 0 Å². The lowest BCUT2D eigenvalue weighted by molar-refractivity contribution is -0.176. The fraction of sp³-hybridized carbons (Fsp3) is 0.357. The third-order valence-corrected chi connectivity index (χ3v) is 4.10. The van der Waals surface area contributed by atoms with Gasteiger partial charge in [0.1, 0.15) is 0 Å². The van der Waals surface area contributed by atoms with Crippen LogP contribution in [-0.2, 0) is 30.3 Å². The second-order valence-electron chi connectivity index (χ2n) is 4.93. The van der Waals surface area contributed by atoms with Crippen LogP contribution in [0.1, 0.15) is 5.56 Å². The SMILES string of the molecule is COC(=O)C1(C(=O)OC)Cc2cc(Br)ccc2N1C(=O)C(F)(F)F. The maximum absolute atomic E-state index is 13.0. The van der Waals surface area contributed by atoms with Gasteiger partial charge in [0, 0.05) is 16.6 Å². The van der Waals surface area contributed by atoms with Gasteiger partial charge in [-0.25, -0.2) is 9.59 Å². The molecule has 0 N–H and O–H groups in total. The predicted octanol–water partition coefficient (Wildman–Crippen LogP) is 1.99. The number of rotatable bonds is 2. The summed E-state index contributed by atoms with van der Waals surface area (Å²) >= 11 is 3.15. The van der Waals surface area contributed by atoms with E-state index in [2.05, 4.69) is 25.4 Å². The molecular formula is C14H11BrF3NO5. The minimum Gasteiger partial charge on any atom is -0.467 e. The minimum atomic E-state index is -5.30. The number of fused-ring (bicyclic) bond motifs is 1. The van der Waals surface area contributed by atoms with E-state index in [9.17, 15) is 27.6 Å². The number of nitrogens with zero attached hydrogens (tertiary/aromatic N) is 1. The van der Waals surface area contributed by atoms with Crippen molar-refractivity contribution in [3.05, 3.63) is 28.2 Å². The zero-order chi connectivity index (χ0) is 18.3. The Morgan fingerprint density at radius 1 is 1.17 bits per heavy atom. The Hall–Kier alpha value is -2.10. The lowest BCUT2D eigenvalue weighted by atomic mass is 9.94. The molecule has 2 rings (SSSR count). The molecule has 1 aliphatic heterocycles. The Bertz CT molecular complexity index is 703. The Kier molecular flexibility index (Phi) is 4.62. The van der Waals surface area contributed by atoms with Gasteiger partial charge in [-0.15, -0.1) is 0 Å². The number of ether oxygens (including phenoxy) is 2. The number of anilines is 1. The second-order valence-corrected chi connectivity index (χ2v) is 5.85. The Labute approximate surface area is 142 Å². The van der Waals surface area contributed by atoms with Crippen LogP contribution in [0.4, 0.5) is 18.9 Å². The molecule has 0 spiro atoms. The van der Waals surface area contributed by atoms with Gasteiger partial charge in [-0.3, -0.25) is 9.69 Å². The molecule has 1 aliphatic rings. The number of hydrogen-bond donors (Lipinski definition) is 0. The van der Waals surface area contributed by atoms with Gasteiger partial charge in [0.25, 0.3) is 0 Å². The van der Waals surface area contributed by atoms with Gasteiger partial charge < -0.3 is 9.47 Å². The molecule has 10 heteroatoms. The first-order valence-corrected chi connectivity index (χ1v) is 7.25. The number of carbonyl (C=O) groups is 3. The zero-order valence-electron chi connectivity index (χ0n) is 12.4. The molecule has 0 saturated carbocycles. The molecule has 0 unspecified atom stereocenters. The van der Waals surface area contributed by atoms with E-state index in [1.165, 1.54) is 18.2 Å². The highest BCUT2D eigenvalue weighted by molar-refractivity contribution is 9.10. The van der Waals surface area contributed by atoms with Crippen molar-refractivity contribution >= 4 is 39.5 Å². The van der Waals surface area contributed by atoms with Crippen molar-refractivity contribution < 1.29 is 37.0 Å². The number of benzene rings is 1. The summed E-state index contributed by atoms with van der Waals surface area (Å²) in [6, 6.07) is 4.01. The lowest BCUT2D eigenvalue weighted by Crippen LogP contribution is -2.64. The highest BCUT2D eigenvalue weighted by Crippen LogP contribution is 2.43. The molecule has 6 nitrogen and oxygen atoms in total. The molecule has 0 radical (unpaired) electrons. The second kappa shape index (κ2) is 6.08. The molecule has 0 bridgehead atoms. The molecule has 1 amide bonds. The van der Waals surface area contributed by atoms with E-state index in [4.69, 9.17) is 0 Å². The fourth-order valence-electron chi connectivity index (χ4n) is 2.63. The number of halogens is 4. The predicted molar refractivity (Wildman–Crippen MR) is 78.2 cm³/mol. The first-order valence-electron chi connectivity index (χ1n) is 6.46. The zero-order valence-corrected chi connectivity index (χ0v) is 14.0. The number of carbonyl (C=O) groups excluding carboxylic acids is 3. The summed E-state index contributed by atoms with van der Waals surface area (Å²) in [4.78, 5) is 36.5. The summed E-state index contributed by atoms with van der Waals surface area (Å²) in [5.41, 5.74) is -2.59. The lowest BCUT2D eigenvalue weighted by Gasteiger charge is -2.33. The van der Waals surface area contributed by atoms with E-state index < -0.39 is 36.0 Å². The summed E-state index contributed by atoms with van der Waals surface area (Å²) in [6.07, 6.45) is -5.80. The average molecular weight is 410 g/mol. The summed E-state index contributed by atoms with van der Waals surface area (Å²) in [6.45, 7) is 0.